The number of para-hydroxylation sites is 1. The van der Waals surface area contributed by atoms with E-state index < -0.39 is 0 Å². The third kappa shape index (κ3) is 6.95. The van der Waals surface area contributed by atoms with Crippen molar-refractivity contribution in [2.75, 3.05) is 26.8 Å². The number of carbonyl (C=O) groups excluding carboxylic acids is 2. The highest BCUT2D eigenvalue weighted by molar-refractivity contribution is 5.79. The van der Waals surface area contributed by atoms with Gasteiger partial charge < -0.3 is 20.1 Å². The Morgan fingerprint density at radius 3 is 2.12 bits per heavy atom. The first-order chi connectivity index (χ1) is 12.2. The summed E-state index contributed by atoms with van der Waals surface area (Å²) in [5, 5.41) is 5.46. The minimum atomic E-state index is -0.228. The van der Waals surface area contributed by atoms with Crippen molar-refractivity contribution < 1.29 is 19.1 Å². The lowest BCUT2D eigenvalue weighted by Crippen LogP contribution is -2.37. The predicted octanol–water partition coefficient (Wildman–Crippen LogP) is 1.55. The van der Waals surface area contributed by atoms with Crippen LogP contribution in [0.1, 0.15) is 5.56 Å². The van der Waals surface area contributed by atoms with Gasteiger partial charge in [-0.05, 0) is 29.8 Å². The normalized spacial score (nSPS) is 9.96. The number of hydrogen-bond donors (Lipinski definition) is 2. The summed E-state index contributed by atoms with van der Waals surface area (Å²) in [6.07, 6.45) is 0.287. The standard InChI is InChI=1S/C19H22N2O4/c1-24-16-9-7-15(8-10-16)13-18(22)20-11-12-21-19(23)14-25-17-5-3-2-4-6-17/h2-10H,11-14H2,1H3,(H,20,22)(H,21,23). The summed E-state index contributed by atoms with van der Waals surface area (Å²) < 4.78 is 10.4. The highest BCUT2D eigenvalue weighted by atomic mass is 16.5. The predicted molar refractivity (Wildman–Crippen MR) is 94.7 cm³/mol. The molecule has 0 radical (unpaired) electrons. The van der Waals surface area contributed by atoms with Crippen LogP contribution in [0.15, 0.2) is 54.6 Å². The Bertz CT molecular complexity index is 672. The van der Waals surface area contributed by atoms with Gasteiger partial charge in [0, 0.05) is 13.1 Å². The zero-order valence-electron chi connectivity index (χ0n) is 14.2. The van der Waals surface area contributed by atoms with Crippen LogP contribution in [0.5, 0.6) is 11.5 Å². The molecule has 0 aliphatic carbocycles. The van der Waals surface area contributed by atoms with E-state index in [4.69, 9.17) is 9.47 Å². The van der Waals surface area contributed by atoms with Crippen molar-refractivity contribution in [3.8, 4) is 11.5 Å². The van der Waals surface area contributed by atoms with Crippen LogP contribution in [0.25, 0.3) is 0 Å². The molecule has 2 N–H and O–H groups in total. The van der Waals surface area contributed by atoms with E-state index >= 15 is 0 Å². The van der Waals surface area contributed by atoms with Crippen LogP contribution in [0.3, 0.4) is 0 Å². The largest absolute Gasteiger partial charge is 0.497 e. The number of hydrogen-bond acceptors (Lipinski definition) is 4. The molecule has 0 bridgehead atoms. The molecule has 0 atom stereocenters. The number of ether oxygens (including phenoxy) is 2. The van der Waals surface area contributed by atoms with Crippen LogP contribution in [0, 0.1) is 0 Å². The topological polar surface area (TPSA) is 76.7 Å². The van der Waals surface area contributed by atoms with Gasteiger partial charge in [-0.3, -0.25) is 9.59 Å². The van der Waals surface area contributed by atoms with Gasteiger partial charge in [-0.2, -0.15) is 0 Å². The molecule has 2 amide bonds. The fraction of sp³-hybridized carbons (Fsp3) is 0.263. The smallest absolute Gasteiger partial charge is 0.258 e. The second kappa shape index (κ2) is 9.97. The summed E-state index contributed by atoms with van der Waals surface area (Å²) in [6, 6.07) is 16.4. The van der Waals surface area contributed by atoms with Crippen LogP contribution in [0.4, 0.5) is 0 Å². The van der Waals surface area contributed by atoms with Gasteiger partial charge in [-0.25, -0.2) is 0 Å². The van der Waals surface area contributed by atoms with E-state index in [0.29, 0.717) is 18.8 Å². The summed E-state index contributed by atoms with van der Waals surface area (Å²) in [6.45, 7) is 0.668. The molecule has 0 unspecified atom stereocenters. The van der Waals surface area contributed by atoms with Crippen molar-refractivity contribution in [1.29, 1.82) is 0 Å². The number of rotatable bonds is 9. The average Bonchev–Trinajstić information content (AvgIpc) is 2.65. The zero-order valence-corrected chi connectivity index (χ0v) is 14.2. The SMILES string of the molecule is COc1ccc(CC(=O)NCCNC(=O)COc2ccccc2)cc1. The lowest BCUT2D eigenvalue weighted by molar-refractivity contribution is -0.124. The third-order valence-corrected chi connectivity index (χ3v) is 3.41. The van der Waals surface area contributed by atoms with Gasteiger partial charge in [0.1, 0.15) is 11.5 Å². The first-order valence-corrected chi connectivity index (χ1v) is 8.01. The average molecular weight is 342 g/mol. The lowest BCUT2D eigenvalue weighted by Gasteiger charge is -2.09. The Morgan fingerprint density at radius 1 is 0.840 bits per heavy atom. The summed E-state index contributed by atoms with van der Waals surface area (Å²) in [7, 11) is 1.60. The van der Waals surface area contributed by atoms with E-state index in [-0.39, 0.29) is 24.8 Å². The van der Waals surface area contributed by atoms with Crippen molar-refractivity contribution in [1.82, 2.24) is 10.6 Å². The van der Waals surface area contributed by atoms with E-state index in [1.807, 2.05) is 42.5 Å². The summed E-state index contributed by atoms with van der Waals surface area (Å²) >= 11 is 0. The van der Waals surface area contributed by atoms with Crippen LogP contribution >= 0.6 is 0 Å². The van der Waals surface area contributed by atoms with Crippen molar-refractivity contribution in [2.45, 2.75) is 6.42 Å². The Labute approximate surface area is 147 Å². The van der Waals surface area contributed by atoms with Gasteiger partial charge in [-0.15, -0.1) is 0 Å². The Morgan fingerprint density at radius 2 is 1.48 bits per heavy atom. The maximum atomic E-state index is 11.8. The van der Waals surface area contributed by atoms with Crippen LogP contribution in [0.2, 0.25) is 0 Å². The Hall–Kier alpha value is -3.02. The summed E-state index contributed by atoms with van der Waals surface area (Å²) in [5.41, 5.74) is 0.901. The van der Waals surface area contributed by atoms with Gasteiger partial charge >= 0.3 is 0 Å². The molecule has 132 valence electrons. The molecular weight excluding hydrogens is 320 g/mol. The maximum absolute atomic E-state index is 11.8. The molecule has 0 aromatic heterocycles. The van der Waals surface area contributed by atoms with E-state index in [9.17, 15) is 9.59 Å². The van der Waals surface area contributed by atoms with Crippen molar-refractivity contribution in [3.63, 3.8) is 0 Å². The van der Waals surface area contributed by atoms with E-state index in [1.54, 1.807) is 19.2 Å². The molecule has 2 aromatic rings. The van der Waals surface area contributed by atoms with Gasteiger partial charge in [0.15, 0.2) is 6.61 Å². The molecule has 6 nitrogen and oxygen atoms in total. The first kappa shape index (κ1) is 18.3. The highest BCUT2D eigenvalue weighted by Gasteiger charge is 2.05. The molecule has 6 heteroatoms. The van der Waals surface area contributed by atoms with Gasteiger partial charge in [0.25, 0.3) is 5.91 Å². The van der Waals surface area contributed by atoms with Gasteiger partial charge in [0.05, 0.1) is 13.5 Å². The lowest BCUT2D eigenvalue weighted by atomic mass is 10.1. The number of nitrogens with one attached hydrogen (secondary N) is 2. The molecular formula is C19H22N2O4. The number of amides is 2. The number of methoxy groups -OCH3 is 1. The minimum Gasteiger partial charge on any atom is -0.497 e. The van der Waals surface area contributed by atoms with E-state index in [0.717, 1.165) is 11.3 Å². The van der Waals surface area contributed by atoms with Crippen molar-refractivity contribution >= 4 is 11.8 Å². The zero-order chi connectivity index (χ0) is 17.9. The third-order valence-electron chi connectivity index (χ3n) is 3.41. The summed E-state index contributed by atoms with van der Waals surface area (Å²) in [4.78, 5) is 23.5. The van der Waals surface area contributed by atoms with Crippen molar-refractivity contribution in [2.24, 2.45) is 0 Å². The van der Waals surface area contributed by atoms with Crippen LogP contribution < -0.4 is 20.1 Å². The van der Waals surface area contributed by atoms with E-state index in [1.165, 1.54) is 0 Å². The molecule has 0 saturated heterocycles. The van der Waals surface area contributed by atoms with Crippen LogP contribution in [-0.4, -0.2) is 38.6 Å². The Kier molecular flexibility index (Phi) is 7.31. The molecule has 25 heavy (non-hydrogen) atoms. The Balaban J connectivity index is 1.58. The molecule has 2 aromatic carbocycles. The molecule has 0 saturated carbocycles. The van der Waals surface area contributed by atoms with Crippen molar-refractivity contribution in [3.05, 3.63) is 60.2 Å². The molecule has 2 rings (SSSR count). The highest BCUT2D eigenvalue weighted by Crippen LogP contribution is 2.11. The second-order valence-corrected chi connectivity index (χ2v) is 5.33. The van der Waals surface area contributed by atoms with Gasteiger partial charge in [-0.1, -0.05) is 30.3 Å². The second-order valence-electron chi connectivity index (χ2n) is 5.33. The van der Waals surface area contributed by atoms with Crippen LogP contribution in [-0.2, 0) is 16.0 Å². The van der Waals surface area contributed by atoms with E-state index in [2.05, 4.69) is 10.6 Å². The fourth-order valence-corrected chi connectivity index (χ4v) is 2.11. The quantitative estimate of drug-likeness (QED) is 0.678. The molecule has 0 heterocycles. The summed E-state index contributed by atoms with van der Waals surface area (Å²) in [5.74, 6) is 1.07. The number of benzene rings is 2. The fourth-order valence-electron chi connectivity index (χ4n) is 2.11. The van der Waals surface area contributed by atoms with Gasteiger partial charge in [0.2, 0.25) is 5.91 Å². The molecule has 0 aliphatic rings. The first-order valence-electron chi connectivity index (χ1n) is 8.01. The molecule has 0 aliphatic heterocycles. The minimum absolute atomic E-state index is 0.0518. The molecule has 0 fully saturated rings. The molecule has 0 spiro atoms. The monoisotopic (exact) mass is 342 g/mol. The number of carbonyl (C=O) groups is 2. The maximum Gasteiger partial charge on any atom is 0.258 e.